The van der Waals surface area contributed by atoms with Gasteiger partial charge in [-0.05, 0) is 54.3 Å². The summed E-state index contributed by atoms with van der Waals surface area (Å²) >= 11 is 0. The van der Waals surface area contributed by atoms with E-state index in [9.17, 15) is 9.18 Å². The maximum atomic E-state index is 12.9. The van der Waals surface area contributed by atoms with Gasteiger partial charge in [0.2, 0.25) is 0 Å². The molecule has 1 heterocycles. The largest absolute Gasteiger partial charge is 0.364 e. The van der Waals surface area contributed by atoms with Gasteiger partial charge in [0.1, 0.15) is 11.6 Å². The van der Waals surface area contributed by atoms with Crippen molar-refractivity contribution in [1.29, 1.82) is 0 Å². The van der Waals surface area contributed by atoms with E-state index in [4.69, 9.17) is 0 Å². The topological polar surface area (TPSA) is 66.9 Å². The molecule has 0 bridgehead atoms. The summed E-state index contributed by atoms with van der Waals surface area (Å²) in [6, 6.07) is 17.7. The Bertz CT molecular complexity index is 895. The first-order valence-electron chi connectivity index (χ1n) is 8.76. The zero-order valence-electron chi connectivity index (χ0n) is 15.1. The molecule has 2 N–H and O–H groups in total. The van der Waals surface area contributed by atoms with Crippen molar-refractivity contribution in [3.05, 3.63) is 88.9 Å². The molecule has 0 spiro atoms. The van der Waals surface area contributed by atoms with Gasteiger partial charge in [-0.15, -0.1) is 10.2 Å². The standard InChI is InChI=1S/C21H21FN4O/c1-15-4-2-3-5-17(15)14-24-20-11-10-19(25-26-20)21(27)23-13-12-16-6-8-18(22)9-7-16/h2-11H,12-14H2,1H3,(H,23,27)(H,24,26). The summed E-state index contributed by atoms with van der Waals surface area (Å²) in [5, 5.41) is 14.0. The Labute approximate surface area is 157 Å². The fourth-order valence-corrected chi connectivity index (χ4v) is 2.60. The summed E-state index contributed by atoms with van der Waals surface area (Å²) in [4.78, 5) is 12.1. The summed E-state index contributed by atoms with van der Waals surface area (Å²) in [7, 11) is 0. The lowest BCUT2D eigenvalue weighted by molar-refractivity contribution is 0.0948. The van der Waals surface area contributed by atoms with Crippen LogP contribution in [0.15, 0.2) is 60.7 Å². The highest BCUT2D eigenvalue weighted by Crippen LogP contribution is 2.10. The fourth-order valence-electron chi connectivity index (χ4n) is 2.60. The van der Waals surface area contributed by atoms with E-state index in [0.717, 1.165) is 5.56 Å². The van der Waals surface area contributed by atoms with Crippen LogP contribution < -0.4 is 10.6 Å². The van der Waals surface area contributed by atoms with E-state index < -0.39 is 0 Å². The molecule has 3 rings (SSSR count). The van der Waals surface area contributed by atoms with E-state index >= 15 is 0 Å². The van der Waals surface area contributed by atoms with Crippen molar-refractivity contribution in [2.75, 3.05) is 11.9 Å². The normalized spacial score (nSPS) is 10.4. The molecular weight excluding hydrogens is 343 g/mol. The molecule has 0 aliphatic carbocycles. The highest BCUT2D eigenvalue weighted by atomic mass is 19.1. The molecular formula is C21H21FN4O. The second kappa shape index (κ2) is 8.89. The summed E-state index contributed by atoms with van der Waals surface area (Å²) < 4.78 is 12.9. The van der Waals surface area contributed by atoms with Crippen molar-refractivity contribution in [2.24, 2.45) is 0 Å². The Kier molecular flexibility index (Phi) is 6.10. The van der Waals surface area contributed by atoms with Crippen molar-refractivity contribution in [3.8, 4) is 0 Å². The van der Waals surface area contributed by atoms with Crippen LogP contribution in [0.4, 0.5) is 10.2 Å². The van der Waals surface area contributed by atoms with E-state index in [-0.39, 0.29) is 17.4 Å². The van der Waals surface area contributed by atoms with E-state index in [1.54, 1.807) is 24.3 Å². The lowest BCUT2D eigenvalue weighted by atomic mass is 10.1. The molecule has 0 aliphatic rings. The van der Waals surface area contributed by atoms with E-state index in [0.29, 0.717) is 25.3 Å². The molecule has 0 unspecified atom stereocenters. The number of rotatable bonds is 7. The molecule has 27 heavy (non-hydrogen) atoms. The summed E-state index contributed by atoms with van der Waals surface area (Å²) in [6.45, 7) is 3.14. The quantitative estimate of drug-likeness (QED) is 0.673. The van der Waals surface area contributed by atoms with Gasteiger partial charge in [0.15, 0.2) is 5.69 Å². The minimum atomic E-state index is -0.282. The first kappa shape index (κ1) is 18.5. The number of amides is 1. The number of benzene rings is 2. The number of aryl methyl sites for hydroxylation is 1. The third-order valence-corrected chi connectivity index (χ3v) is 4.23. The fraction of sp³-hybridized carbons (Fsp3) is 0.190. The highest BCUT2D eigenvalue weighted by molar-refractivity contribution is 5.92. The van der Waals surface area contributed by atoms with Gasteiger partial charge in [0.05, 0.1) is 0 Å². The number of hydrogen-bond acceptors (Lipinski definition) is 4. The SMILES string of the molecule is Cc1ccccc1CNc1ccc(C(=O)NCCc2ccc(F)cc2)nn1. The third kappa shape index (κ3) is 5.34. The Hall–Kier alpha value is -3.28. The molecule has 2 aromatic carbocycles. The number of nitrogens with one attached hydrogen (secondary N) is 2. The van der Waals surface area contributed by atoms with Gasteiger partial charge in [-0.3, -0.25) is 4.79 Å². The van der Waals surface area contributed by atoms with Gasteiger partial charge in [-0.2, -0.15) is 0 Å². The van der Waals surface area contributed by atoms with Gasteiger partial charge in [0.25, 0.3) is 5.91 Å². The van der Waals surface area contributed by atoms with Gasteiger partial charge >= 0.3 is 0 Å². The number of carbonyl (C=O) groups is 1. The highest BCUT2D eigenvalue weighted by Gasteiger charge is 2.08. The zero-order valence-corrected chi connectivity index (χ0v) is 15.1. The van der Waals surface area contributed by atoms with Gasteiger partial charge < -0.3 is 10.6 Å². The van der Waals surface area contributed by atoms with Crippen molar-refractivity contribution < 1.29 is 9.18 Å². The minimum Gasteiger partial charge on any atom is -0.364 e. The molecule has 0 atom stereocenters. The van der Waals surface area contributed by atoms with Crippen LogP contribution in [0.2, 0.25) is 0 Å². The molecule has 0 saturated carbocycles. The van der Waals surface area contributed by atoms with Gasteiger partial charge in [-0.1, -0.05) is 36.4 Å². The molecule has 0 saturated heterocycles. The molecule has 0 aliphatic heterocycles. The number of carbonyl (C=O) groups excluding carboxylic acids is 1. The van der Waals surface area contributed by atoms with Crippen LogP contribution in [0.1, 0.15) is 27.2 Å². The predicted octanol–water partition coefficient (Wildman–Crippen LogP) is 3.51. The molecule has 138 valence electrons. The molecule has 0 radical (unpaired) electrons. The van der Waals surface area contributed by atoms with Crippen LogP contribution in [0.5, 0.6) is 0 Å². The Morgan fingerprint density at radius 2 is 1.78 bits per heavy atom. The second-order valence-electron chi connectivity index (χ2n) is 6.22. The Morgan fingerprint density at radius 1 is 1.00 bits per heavy atom. The Balaban J connectivity index is 1.48. The number of nitrogens with zero attached hydrogens (tertiary/aromatic N) is 2. The smallest absolute Gasteiger partial charge is 0.271 e. The molecule has 1 aromatic heterocycles. The molecule has 1 amide bonds. The first-order chi connectivity index (χ1) is 13.1. The average Bonchev–Trinajstić information content (AvgIpc) is 2.69. The number of anilines is 1. The maximum Gasteiger partial charge on any atom is 0.271 e. The predicted molar refractivity (Wildman–Crippen MR) is 103 cm³/mol. The second-order valence-corrected chi connectivity index (χ2v) is 6.22. The number of hydrogen-bond donors (Lipinski definition) is 2. The van der Waals surface area contributed by atoms with Gasteiger partial charge in [-0.25, -0.2) is 4.39 Å². The van der Waals surface area contributed by atoms with E-state index in [1.165, 1.54) is 23.3 Å². The lowest BCUT2D eigenvalue weighted by Crippen LogP contribution is -2.26. The molecule has 6 heteroatoms. The molecule has 0 fully saturated rings. The maximum absolute atomic E-state index is 12.9. The summed E-state index contributed by atoms with van der Waals surface area (Å²) in [5.74, 6) is 0.0605. The zero-order chi connectivity index (χ0) is 19.1. The van der Waals surface area contributed by atoms with Crippen LogP contribution in [-0.2, 0) is 13.0 Å². The van der Waals surface area contributed by atoms with Crippen LogP contribution in [-0.4, -0.2) is 22.6 Å². The van der Waals surface area contributed by atoms with Crippen molar-refractivity contribution in [3.63, 3.8) is 0 Å². The third-order valence-electron chi connectivity index (χ3n) is 4.23. The summed E-state index contributed by atoms with van der Waals surface area (Å²) in [6.07, 6.45) is 0.621. The van der Waals surface area contributed by atoms with Crippen LogP contribution in [0.3, 0.4) is 0 Å². The lowest BCUT2D eigenvalue weighted by Gasteiger charge is -2.08. The van der Waals surface area contributed by atoms with E-state index in [1.807, 2.05) is 12.1 Å². The number of aromatic nitrogens is 2. The number of halogens is 1. The van der Waals surface area contributed by atoms with Crippen LogP contribution in [0.25, 0.3) is 0 Å². The van der Waals surface area contributed by atoms with Crippen LogP contribution >= 0.6 is 0 Å². The minimum absolute atomic E-state index is 0.260. The molecule has 3 aromatic rings. The average molecular weight is 364 g/mol. The van der Waals surface area contributed by atoms with Crippen molar-refractivity contribution >= 4 is 11.7 Å². The van der Waals surface area contributed by atoms with Crippen molar-refractivity contribution in [2.45, 2.75) is 19.9 Å². The monoisotopic (exact) mass is 364 g/mol. The van der Waals surface area contributed by atoms with Crippen molar-refractivity contribution in [1.82, 2.24) is 15.5 Å². The van der Waals surface area contributed by atoms with E-state index in [2.05, 4.69) is 39.9 Å². The van der Waals surface area contributed by atoms with Crippen LogP contribution in [0, 0.1) is 12.7 Å². The Morgan fingerprint density at radius 3 is 2.48 bits per heavy atom. The first-order valence-corrected chi connectivity index (χ1v) is 8.76. The summed E-state index contributed by atoms with van der Waals surface area (Å²) in [5.41, 5.74) is 3.60. The van der Waals surface area contributed by atoms with Gasteiger partial charge in [0, 0.05) is 13.1 Å². The molecule has 5 nitrogen and oxygen atoms in total.